The number of piperidine rings is 1. The Kier molecular flexibility index (Phi) is 4.73. The number of hydrogen-bond donors (Lipinski definition) is 2. The number of carbonyl (C=O) groups excluding carboxylic acids is 1. The van der Waals surface area contributed by atoms with Gasteiger partial charge in [-0.2, -0.15) is 0 Å². The Morgan fingerprint density at radius 1 is 1.45 bits per heavy atom. The van der Waals surface area contributed by atoms with E-state index < -0.39 is 0 Å². The molecule has 0 radical (unpaired) electrons. The van der Waals surface area contributed by atoms with E-state index in [1.807, 2.05) is 25.1 Å². The van der Waals surface area contributed by atoms with Gasteiger partial charge in [0.2, 0.25) is 5.91 Å². The molecule has 1 aliphatic heterocycles. The van der Waals surface area contributed by atoms with Gasteiger partial charge in [0.1, 0.15) is 5.82 Å². The summed E-state index contributed by atoms with van der Waals surface area (Å²) in [6.45, 7) is 5.50. The van der Waals surface area contributed by atoms with Crippen LogP contribution in [0.1, 0.15) is 25.1 Å². The minimum Gasteiger partial charge on any atom is -0.356 e. The Balaban J connectivity index is 1.50. The molecule has 22 heavy (non-hydrogen) atoms. The zero-order chi connectivity index (χ0) is 15.4. The van der Waals surface area contributed by atoms with Gasteiger partial charge < -0.3 is 15.2 Å². The first kappa shape index (κ1) is 15.0. The lowest BCUT2D eigenvalue weighted by Crippen LogP contribution is -2.40. The summed E-state index contributed by atoms with van der Waals surface area (Å²) in [7, 11) is 0. The van der Waals surface area contributed by atoms with Crippen LogP contribution in [0.15, 0.2) is 24.3 Å². The summed E-state index contributed by atoms with van der Waals surface area (Å²) in [6.07, 6.45) is 3.02. The minimum absolute atomic E-state index is 0.143. The first-order valence-electron chi connectivity index (χ1n) is 8.16. The predicted octanol–water partition coefficient (Wildman–Crippen LogP) is 1.85. The van der Waals surface area contributed by atoms with Gasteiger partial charge in [-0.3, -0.25) is 4.79 Å². The second kappa shape index (κ2) is 6.92. The highest BCUT2D eigenvalue weighted by molar-refractivity contribution is 5.79. The fourth-order valence-electron chi connectivity index (χ4n) is 3.15. The maximum absolute atomic E-state index is 12.1. The first-order chi connectivity index (χ1) is 10.8. The van der Waals surface area contributed by atoms with Crippen molar-refractivity contribution >= 4 is 16.9 Å². The fourth-order valence-corrected chi connectivity index (χ4v) is 3.15. The lowest BCUT2D eigenvalue weighted by Gasteiger charge is -2.21. The van der Waals surface area contributed by atoms with Crippen LogP contribution in [0.3, 0.4) is 0 Å². The molecule has 0 spiro atoms. The fraction of sp³-hybridized carbons (Fsp3) is 0.529. The van der Waals surface area contributed by atoms with E-state index >= 15 is 0 Å². The SMILES string of the molecule is Cc1nc2ccccc2n1CCCNC(=O)C1CCCNC1. The Hall–Kier alpha value is -1.88. The van der Waals surface area contributed by atoms with Crippen LogP contribution in [-0.4, -0.2) is 35.1 Å². The summed E-state index contributed by atoms with van der Waals surface area (Å²) < 4.78 is 2.23. The van der Waals surface area contributed by atoms with Crippen molar-refractivity contribution in [1.29, 1.82) is 0 Å². The molecule has 1 saturated heterocycles. The van der Waals surface area contributed by atoms with Crippen molar-refractivity contribution in [3.05, 3.63) is 30.1 Å². The molecule has 5 nitrogen and oxygen atoms in total. The van der Waals surface area contributed by atoms with Gasteiger partial charge in [0.05, 0.1) is 17.0 Å². The molecular weight excluding hydrogens is 276 g/mol. The molecule has 0 bridgehead atoms. The van der Waals surface area contributed by atoms with Gasteiger partial charge in [-0.15, -0.1) is 0 Å². The lowest BCUT2D eigenvalue weighted by atomic mass is 9.99. The van der Waals surface area contributed by atoms with E-state index in [4.69, 9.17) is 0 Å². The number of aromatic nitrogens is 2. The highest BCUT2D eigenvalue weighted by Crippen LogP contribution is 2.15. The van der Waals surface area contributed by atoms with Crippen LogP contribution in [0.5, 0.6) is 0 Å². The normalized spacial score (nSPS) is 18.5. The van der Waals surface area contributed by atoms with E-state index in [0.29, 0.717) is 0 Å². The molecule has 2 heterocycles. The van der Waals surface area contributed by atoms with Gasteiger partial charge in [-0.25, -0.2) is 4.98 Å². The van der Waals surface area contributed by atoms with Crippen molar-refractivity contribution in [2.24, 2.45) is 5.92 Å². The smallest absolute Gasteiger partial charge is 0.224 e. The molecule has 118 valence electrons. The van der Waals surface area contributed by atoms with E-state index in [0.717, 1.165) is 56.8 Å². The molecule has 3 rings (SSSR count). The zero-order valence-electron chi connectivity index (χ0n) is 13.1. The van der Waals surface area contributed by atoms with Crippen LogP contribution in [0.2, 0.25) is 0 Å². The van der Waals surface area contributed by atoms with Crippen LogP contribution in [0.4, 0.5) is 0 Å². The van der Waals surface area contributed by atoms with Crippen molar-refractivity contribution in [3.63, 3.8) is 0 Å². The van der Waals surface area contributed by atoms with Crippen LogP contribution in [-0.2, 0) is 11.3 Å². The van der Waals surface area contributed by atoms with Crippen molar-refractivity contribution < 1.29 is 4.79 Å². The number of para-hydroxylation sites is 2. The van der Waals surface area contributed by atoms with E-state index in [2.05, 4.69) is 26.3 Å². The van der Waals surface area contributed by atoms with E-state index in [1.54, 1.807) is 0 Å². The Morgan fingerprint density at radius 3 is 3.14 bits per heavy atom. The van der Waals surface area contributed by atoms with Crippen LogP contribution in [0, 0.1) is 12.8 Å². The summed E-state index contributed by atoms with van der Waals surface area (Å²) in [4.78, 5) is 16.6. The molecule has 0 saturated carbocycles. The quantitative estimate of drug-likeness (QED) is 0.829. The van der Waals surface area contributed by atoms with Crippen LogP contribution < -0.4 is 10.6 Å². The standard InChI is InChI=1S/C17H24N4O/c1-13-20-15-7-2-3-8-16(15)21(13)11-5-10-19-17(22)14-6-4-9-18-12-14/h2-3,7-8,14,18H,4-6,9-12H2,1H3,(H,19,22). The van der Waals surface area contributed by atoms with E-state index in [-0.39, 0.29) is 11.8 Å². The third kappa shape index (κ3) is 3.30. The van der Waals surface area contributed by atoms with Crippen molar-refractivity contribution in [2.75, 3.05) is 19.6 Å². The topological polar surface area (TPSA) is 59.0 Å². The van der Waals surface area contributed by atoms with Gasteiger partial charge >= 0.3 is 0 Å². The number of aryl methyl sites for hydroxylation is 2. The van der Waals surface area contributed by atoms with Crippen LogP contribution >= 0.6 is 0 Å². The number of hydrogen-bond acceptors (Lipinski definition) is 3. The largest absolute Gasteiger partial charge is 0.356 e. The highest BCUT2D eigenvalue weighted by Gasteiger charge is 2.20. The van der Waals surface area contributed by atoms with Gasteiger partial charge in [-0.1, -0.05) is 12.1 Å². The van der Waals surface area contributed by atoms with Crippen molar-refractivity contribution in [1.82, 2.24) is 20.2 Å². The third-order valence-electron chi connectivity index (χ3n) is 4.37. The molecule has 2 aromatic rings. The molecule has 1 aromatic heterocycles. The van der Waals surface area contributed by atoms with Gasteiger partial charge in [0.25, 0.3) is 0 Å². The maximum Gasteiger partial charge on any atom is 0.224 e. The Morgan fingerprint density at radius 2 is 2.32 bits per heavy atom. The number of fused-ring (bicyclic) bond motifs is 1. The molecule has 0 aliphatic carbocycles. The van der Waals surface area contributed by atoms with Crippen molar-refractivity contribution in [3.8, 4) is 0 Å². The minimum atomic E-state index is 0.143. The monoisotopic (exact) mass is 300 g/mol. The summed E-state index contributed by atoms with van der Waals surface area (Å²) in [5.74, 6) is 1.37. The summed E-state index contributed by atoms with van der Waals surface area (Å²) in [5, 5.41) is 6.35. The second-order valence-corrected chi connectivity index (χ2v) is 5.99. The lowest BCUT2D eigenvalue weighted by molar-refractivity contribution is -0.125. The molecule has 5 heteroatoms. The van der Waals surface area contributed by atoms with Crippen molar-refractivity contribution in [2.45, 2.75) is 32.7 Å². The zero-order valence-corrected chi connectivity index (χ0v) is 13.1. The molecule has 1 fully saturated rings. The van der Waals surface area contributed by atoms with Gasteiger partial charge in [-0.05, 0) is 44.9 Å². The molecule has 1 aromatic carbocycles. The van der Waals surface area contributed by atoms with Gasteiger partial charge in [0, 0.05) is 19.6 Å². The molecule has 1 amide bonds. The number of imidazole rings is 1. The summed E-state index contributed by atoms with van der Waals surface area (Å²) in [6, 6.07) is 8.19. The maximum atomic E-state index is 12.1. The number of nitrogens with one attached hydrogen (secondary N) is 2. The number of nitrogens with zero attached hydrogens (tertiary/aromatic N) is 2. The Labute approximate surface area is 131 Å². The first-order valence-corrected chi connectivity index (χ1v) is 8.16. The average molecular weight is 300 g/mol. The number of rotatable bonds is 5. The molecule has 1 atom stereocenters. The number of carbonyl (C=O) groups is 1. The number of benzene rings is 1. The van der Waals surface area contributed by atoms with E-state index in [1.165, 1.54) is 5.52 Å². The molecule has 1 aliphatic rings. The average Bonchev–Trinajstić information content (AvgIpc) is 2.88. The predicted molar refractivity (Wildman–Crippen MR) is 87.7 cm³/mol. The molecule has 2 N–H and O–H groups in total. The van der Waals surface area contributed by atoms with Gasteiger partial charge in [0.15, 0.2) is 0 Å². The third-order valence-corrected chi connectivity index (χ3v) is 4.37. The highest BCUT2D eigenvalue weighted by atomic mass is 16.1. The Bertz CT molecular complexity index is 643. The van der Waals surface area contributed by atoms with Crippen LogP contribution in [0.25, 0.3) is 11.0 Å². The summed E-state index contributed by atoms with van der Waals surface area (Å²) in [5.41, 5.74) is 2.21. The van der Waals surface area contributed by atoms with E-state index in [9.17, 15) is 4.79 Å². The summed E-state index contributed by atoms with van der Waals surface area (Å²) >= 11 is 0. The number of amides is 1. The second-order valence-electron chi connectivity index (χ2n) is 5.99. The molecule has 1 unspecified atom stereocenters. The molecular formula is C17H24N4O.